The lowest BCUT2D eigenvalue weighted by molar-refractivity contribution is 0.173. The Bertz CT molecular complexity index is 242. The van der Waals surface area contributed by atoms with Crippen LogP contribution in [-0.2, 0) is 0 Å². The maximum absolute atomic E-state index is 9.27. The first-order chi connectivity index (χ1) is 7.22. The highest BCUT2D eigenvalue weighted by molar-refractivity contribution is 5.06. The Morgan fingerprint density at radius 2 is 1.75 bits per heavy atom. The molecule has 0 rings (SSSR count). The molecule has 0 aromatic heterocycles. The quantitative estimate of drug-likeness (QED) is 0.754. The standard InChI is InChI=1S/C13H27N3/c1-10(2)15-13(6,9-14)8-12(5)16(7)11(3)4/h10-12,15H,8H2,1-7H3. The highest BCUT2D eigenvalue weighted by Gasteiger charge is 2.28. The Morgan fingerprint density at radius 3 is 2.06 bits per heavy atom. The van der Waals surface area contributed by atoms with Gasteiger partial charge in [0, 0.05) is 18.1 Å². The number of rotatable bonds is 6. The molecule has 0 spiro atoms. The Labute approximate surface area is 101 Å². The number of hydrogen-bond donors (Lipinski definition) is 1. The summed E-state index contributed by atoms with van der Waals surface area (Å²) in [6.07, 6.45) is 0.844. The lowest BCUT2D eigenvalue weighted by Gasteiger charge is -2.34. The van der Waals surface area contributed by atoms with Crippen molar-refractivity contribution in [2.75, 3.05) is 7.05 Å². The van der Waals surface area contributed by atoms with Gasteiger partial charge in [-0.1, -0.05) is 0 Å². The Morgan fingerprint density at radius 1 is 1.25 bits per heavy atom. The summed E-state index contributed by atoms with van der Waals surface area (Å²) in [5, 5.41) is 12.6. The second-order valence-electron chi connectivity index (χ2n) is 5.56. The van der Waals surface area contributed by atoms with Crippen molar-refractivity contribution in [1.29, 1.82) is 5.26 Å². The molecule has 0 amide bonds. The summed E-state index contributed by atoms with van der Waals surface area (Å²) in [7, 11) is 2.11. The molecular weight excluding hydrogens is 198 g/mol. The fourth-order valence-electron chi connectivity index (χ4n) is 2.02. The van der Waals surface area contributed by atoms with Gasteiger partial charge < -0.3 is 4.90 Å². The molecule has 94 valence electrons. The van der Waals surface area contributed by atoms with Gasteiger partial charge in [-0.25, -0.2) is 0 Å². The zero-order valence-corrected chi connectivity index (χ0v) is 11.8. The zero-order chi connectivity index (χ0) is 12.9. The van der Waals surface area contributed by atoms with Gasteiger partial charge in [0.1, 0.15) is 5.54 Å². The van der Waals surface area contributed by atoms with Crippen LogP contribution in [0.3, 0.4) is 0 Å². The molecule has 0 aromatic rings. The van der Waals surface area contributed by atoms with E-state index in [4.69, 9.17) is 0 Å². The smallest absolute Gasteiger partial charge is 0.105 e. The molecule has 16 heavy (non-hydrogen) atoms. The SMILES string of the molecule is CC(C)NC(C)(C#N)CC(C)N(C)C(C)C. The fraction of sp³-hybridized carbons (Fsp3) is 0.923. The predicted octanol–water partition coefficient (Wildman–Crippen LogP) is 2.39. The number of nitriles is 1. The van der Waals surface area contributed by atoms with Gasteiger partial charge >= 0.3 is 0 Å². The summed E-state index contributed by atoms with van der Waals surface area (Å²) >= 11 is 0. The third-order valence-electron chi connectivity index (χ3n) is 3.07. The maximum Gasteiger partial charge on any atom is 0.105 e. The summed E-state index contributed by atoms with van der Waals surface area (Å²) in [5.74, 6) is 0. The van der Waals surface area contributed by atoms with Crippen LogP contribution in [0.4, 0.5) is 0 Å². The summed E-state index contributed by atoms with van der Waals surface area (Å²) in [5.41, 5.74) is -0.434. The zero-order valence-electron chi connectivity index (χ0n) is 11.8. The molecule has 0 saturated heterocycles. The highest BCUT2D eigenvalue weighted by Crippen LogP contribution is 2.17. The topological polar surface area (TPSA) is 39.1 Å². The first-order valence-corrected chi connectivity index (χ1v) is 6.12. The van der Waals surface area contributed by atoms with Crippen LogP contribution >= 0.6 is 0 Å². The normalized spacial score (nSPS) is 17.6. The van der Waals surface area contributed by atoms with Crippen molar-refractivity contribution in [1.82, 2.24) is 10.2 Å². The minimum Gasteiger partial charge on any atom is -0.301 e. The third kappa shape index (κ3) is 4.96. The molecule has 0 heterocycles. The first-order valence-electron chi connectivity index (χ1n) is 6.12. The van der Waals surface area contributed by atoms with Crippen molar-refractivity contribution in [3.63, 3.8) is 0 Å². The summed E-state index contributed by atoms with van der Waals surface area (Å²) in [6.45, 7) is 12.7. The van der Waals surface area contributed by atoms with Crippen molar-refractivity contribution >= 4 is 0 Å². The van der Waals surface area contributed by atoms with E-state index >= 15 is 0 Å². The predicted molar refractivity (Wildman–Crippen MR) is 69.3 cm³/mol. The van der Waals surface area contributed by atoms with Crippen LogP contribution < -0.4 is 5.32 Å². The number of nitrogens with zero attached hydrogens (tertiary/aromatic N) is 2. The van der Waals surface area contributed by atoms with E-state index in [9.17, 15) is 5.26 Å². The van der Waals surface area contributed by atoms with E-state index in [0.717, 1.165) is 6.42 Å². The number of nitrogens with one attached hydrogen (secondary N) is 1. The van der Waals surface area contributed by atoms with Crippen molar-refractivity contribution in [2.45, 2.75) is 71.6 Å². The van der Waals surface area contributed by atoms with Gasteiger partial charge in [0.15, 0.2) is 0 Å². The van der Waals surface area contributed by atoms with E-state index in [0.29, 0.717) is 18.1 Å². The lowest BCUT2D eigenvalue weighted by atomic mass is 9.93. The molecule has 0 saturated carbocycles. The van der Waals surface area contributed by atoms with Gasteiger partial charge in [-0.05, 0) is 55.0 Å². The van der Waals surface area contributed by atoms with Crippen LogP contribution in [0.25, 0.3) is 0 Å². The Hall–Kier alpha value is -0.590. The first kappa shape index (κ1) is 15.4. The largest absolute Gasteiger partial charge is 0.301 e. The van der Waals surface area contributed by atoms with Crippen LogP contribution in [0.1, 0.15) is 48.0 Å². The Balaban J connectivity index is 4.49. The van der Waals surface area contributed by atoms with Crippen LogP contribution in [0.15, 0.2) is 0 Å². The summed E-state index contributed by atoms with van der Waals surface area (Å²) in [4.78, 5) is 2.30. The molecule has 3 heteroatoms. The lowest BCUT2D eigenvalue weighted by Crippen LogP contribution is -2.50. The molecule has 3 nitrogen and oxygen atoms in total. The minimum atomic E-state index is -0.434. The van der Waals surface area contributed by atoms with Gasteiger partial charge in [0.25, 0.3) is 0 Å². The molecule has 0 bridgehead atoms. The van der Waals surface area contributed by atoms with Crippen LogP contribution in [0.2, 0.25) is 0 Å². The van der Waals surface area contributed by atoms with E-state index in [1.54, 1.807) is 0 Å². The second-order valence-corrected chi connectivity index (χ2v) is 5.56. The molecule has 1 N–H and O–H groups in total. The Kier molecular flexibility index (Phi) is 5.99. The minimum absolute atomic E-state index is 0.334. The van der Waals surface area contributed by atoms with Crippen LogP contribution in [-0.4, -0.2) is 35.6 Å². The maximum atomic E-state index is 9.27. The van der Waals surface area contributed by atoms with Gasteiger partial charge in [-0.15, -0.1) is 0 Å². The molecule has 0 aliphatic rings. The van der Waals surface area contributed by atoms with Crippen molar-refractivity contribution < 1.29 is 0 Å². The van der Waals surface area contributed by atoms with Crippen molar-refractivity contribution in [2.24, 2.45) is 0 Å². The number of hydrogen-bond acceptors (Lipinski definition) is 3. The highest BCUT2D eigenvalue weighted by atomic mass is 15.2. The molecule has 2 atom stereocenters. The molecular formula is C13H27N3. The van der Waals surface area contributed by atoms with Crippen LogP contribution in [0.5, 0.6) is 0 Å². The van der Waals surface area contributed by atoms with Crippen molar-refractivity contribution in [3.8, 4) is 6.07 Å². The fourth-order valence-corrected chi connectivity index (χ4v) is 2.02. The molecule has 0 aromatic carbocycles. The van der Waals surface area contributed by atoms with Gasteiger partial charge in [-0.2, -0.15) is 5.26 Å². The molecule has 0 fully saturated rings. The van der Waals surface area contributed by atoms with E-state index in [-0.39, 0.29) is 0 Å². The van der Waals surface area contributed by atoms with E-state index in [1.165, 1.54) is 0 Å². The molecule has 0 radical (unpaired) electrons. The average molecular weight is 225 g/mol. The summed E-state index contributed by atoms with van der Waals surface area (Å²) in [6, 6.07) is 3.64. The monoisotopic (exact) mass is 225 g/mol. The average Bonchev–Trinajstić information content (AvgIpc) is 2.14. The van der Waals surface area contributed by atoms with E-state index < -0.39 is 5.54 Å². The summed E-state index contributed by atoms with van der Waals surface area (Å²) < 4.78 is 0. The third-order valence-corrected chi connectivity index (χ3v) is 3.07. The molecule has 0 aliphatic carbocycles. The van der Waals surface area contributed by atoms with Gasteiger partial charge in [-0.3, -0.25) is 5.32 Å². The van der Waals surface area contributed by atoms with Crippen LogP contribution in [0, 0.1) is 11.3 Å². The van der Waals surface area contributed by atoms with Gasteiger partial charge in [0.05, 0.1) is 6.07 Å². The van der Waals surface area contributed by atoms with E-state index in [2.05, 4.69) is 58.0 Å². The van der Waals surface area contributed by atoms with Gasteiger partial charge in [0.2, 0.25) is 0 Å². The molecule has 2 unspecified atom stereocenters. The second kappa shape index (κ2) is 6.22. The van der Waals surface area contributed by atoms with E-state index in [1.807, 2.05) is 6.92 Å². The molecule has 0 aliphatic heterocycles. The van der Waals surface area contributed by atoms with Crippen molar-refractivity contribution in [3.05, 3.63) is 0 Å².